The number of alkyl halides is 1. The molecule has 3 N–H and O–H groups in total. The number of aryl methyl sites for hydroxylation is 1. The summed E-state index contributed by atoms with van der Waals surface area (Å²) in [4.78, 5) is 11.7. The Labute approximate surface area is 138 Å². The third-order valence-corrected chi connectivity index (χ3v) is 3.35. The summed E-state index contributed by atoms with van der Waals surface area (Å²) in [5, 5.41) is 3.00. The second-order valence-electron chi connectivity index (χ2n) is 6.18. The lowest BCUT2D eigenvalue weighted by Gasteiger charge is -2.17. The maximum atomic E-state index is 14.0. The number of halogens is 3. The first-order valence-electron chi connectivity index (χ1n) is 7.56. The van der Waals surface area contributed by atoms with Crippen molar-refractivity contribution in [2.24, 2.45) is 0 Å². The van der Waals surface area contributed by atoms with Crippen LogP contribution < -0.4 is 11.1 Å². The Bertz CT molecular complexity index is 695. The van der Waals surface area contributed by atoms with E-state index >= 15 is 0 Å². The zero-order valence-electron chi connectivity index (χ0n) is 13.8. The summed E-state index contributed by atoms with van der Waals surface area (Å²) < 4.78 is 40.3. The molecule has 0 spiro atoms. The highest BCUT2D eigenvalue weighted by Gasteiger charge is 2.24. The van der Waals surface area contributed by atoms with Crippen LogP contribution in [0.4, 0.5) is 25.1 Å². The second-order valence-corrected chi connectivity index (χ2v) is 6.18. The summed E-state index contributed by atoms with van der Waals surface area (Å²) in [7, 11) is 0. The topological polar surface area (TPSA) is 76.7 Å². The summed E-state index contributed by atoms with van der Waals surface area (Å²) >= 11 is 0. The van der Waals surface area contributed by atoms with E-state index in [0.29, 0.717) is 18.4 Å². The van der Waals surface area contributed by atoms with E-state index in [4.69, 9.17) is 5.73 Å². The van der Waals surface area contributed by atoms with Gasteiger partial charge in [0.2, 0.25) is 11.9 Å². The molecule has 24 heavy (non-hydrogen) atoms. The number of hydrogen-bond donors (Lipinski definition) is 2. The van der Waals surface area contributed by atoms with Crippen molar-refractivity contribution >= 4 is 11.9 Å². The van der Waals surface area contributed by atoms with E-state index in [2.05, 4.69) is 20.3 Å². The van der Waals surface area contributed by atoms with Crippen LogP contribution in [-0.4, -0.2) is 21.0 Å². The standard InChI is InChI=1S/C16H20F3N5/c1-9(4-5-10-6-11(17)8-12(18)7-10)21-15-23-13(16(2,3)19)22-14(20)24-15/h6-9H,4-5H2,1-3H3,(H3,20,21,22,23,24). The quantitative estimate of drug-likeness (QED) is 0.844. The van der Waals surface area contributed by atoms with Gasteiger partial charge in [-0.15, -0.1) is 0 Å². The average molecular weight is 339 g/mol. The van der Waals surface area contributed by atoms with Gasteiger partial charge in [0.25, 0.3) is 0 Å². The lowest BCUT2D eigenvalue weighted by atomic mass is 10.1. The van der Waals surface area contributed by atoms with E-state index in [1.165, 1.54) is 26.0 Å². The van der Waals surface area contributed by atoms with Crippen molar-refractivity contribution in [3.05, 3.63) is 41.2 Å². The fourth-order valence-corrected chi connectivity index (χ4v) is 2.15. The Kier molecular flexibility index (Phi) is 5.26. The Morgan fingerprint density at radius 3 is 2.33 bits per heavy atom. The average Bonchev–Trinajstić information content (AvgIpc) is 2.42. The van der Waals surface area contributed by atoms with Gasteiger partial charge in [0.05, 0.1) is 0 Å². The molecule has 2 aromatic rings. The number of benzene rings is 1. The molecule has 1 heterocycles. The molecule has 0 amide bonds. The predicted octanol–water partition coefficient (Wildman–Crippen LogP) is 3.37. The Morgan fingerprint density at radius 1 is 1.12 bits per heavy atom. The van der Waals surface area contributed by atoms with Gasteiger partial charge in [0.1, 0.15) is 11.6 Å². The van der Waals surface area contributed by atoms with Gasteiger partial charge in [-0.25, -0.2) is 13.2 Å². The van der Waals surface area contributed by atoms with Gasteiger partial charge >= 0.3 is 0 Å². The Morgan fingerprint density at radius 2 is 1.75 bits per heavy atom. The van der Waals surface area contributed by atoms with E-state index in [-0.39, 0.29) is 23.8 Å². The minimum absolute atomic E-state index is 0.0584. The van der Waals surface area contributed by atoms with Crippen LogP contribution in [0.5, 0.6) is 0 Å². The SMILES string of the molecule is CC(CCc1cc(F)cc(F)c1)Nc1nc(N)nc(C(C)(C)F)n1. The van der Waals surface area contributed by atoms with Crippen LogP contribution in [0.15, 0.2) is 18.2 Å². The van der Waals surface area contributed by atoms with Gasteiger partial charge in [0.15, 0.2) is 11.5 Å². The molecule has 1 aromatic heterocycles. The summed E-state index contributed by atoms with van der Waals surface area (Å²) in [5.74, 6) is -1.18. The maximum absolute atomic E-state index is 14.0. The number of nitrogen functional groups attached to an aromatic ring is 1. The molecule has 0 aliphatic carbocycles. The zero-order valence-corrected chi connectivity index (χ0v) is 13.8. The van der Waals surface area contributed by atoms with E-state index in [1.54, 1.807) is 0 Å². The number of aromatic nitrogens is 3. The third kappa shape index (κ3) is 5.07. The minimum Gasteiger partial charge on any atom is -0.368 e. The van der Waals surface area contributed by atoms with Gasteiger partial charge in [-0.2, -0.15) is 15.0 Å². The lowest BCUT2D eigenvalue weighted by molar-refractivity contribution is 0.206. The van der Waals surface area contributed by atoms with Crippen LogP contribution in [0.2, 0.25) is 0 Å². The fraction of sp³-hybridized carbons (Fsp3) is 0.438. The minimum atomic E-state index is -1.74. The molecule has 0 saturated heterocycles. The molecule has 1 aromatic carbocycles. The van der Waals surface area contributed by atoms with E-state index < -0.39 is 17.3 Å². The van der Waals surface area contributed by atoms with Gasteiger partial charge in [-0.1, -0.05) is 0 Å². The monoisotopic (exact) mass is 339 g/mol. The summed E-state index contributed by atoms with van der Waals surface area (Å²) in [5.41, 5.74) is 4.39. The third-order valence-electron chi connectivity index (χ3n) is 3.35. The van der Waals surface area contributed by atoms with E-state index in [0.717, 1.165) is 6.07 Å². The van der Waals surface area contributed by atoms with Crippen molar-refractivity contribution in [2.45, 2.75) is 45.3 Å². The number of anilines is 2. The van der Waals surface area contributed by atoms with Crippen molar-refractivity contribution in [3.8, 4) is 0 Å². The zero-order chi connectivity index (χ0) is 17.9. The molecule has 2 rings (SSSR count). The van der Waals surface area contributed by atoms with Crippen LogP contribution in [0.25, 0.3) is 0 Å². The second kappa shape index (κ2) is 7.02. The Balaban J connectivity index is 2.02. The molecule has 8 heteroatoms. The highest BCUT2D eigenvalue weighted by Crippen LogP contribution is 2.22. The van der Waals surface area contributed by atoms with Crippen molar-refractivity contribution in [1.29, 1.82) is 0 Å². The summed E-state index contributed by atoms with van der Waals surface area (Å²) in [6.07, 6.45) is 1.04. The van der Waals surface area contributed by atoms with E-state index in [9.17, 15) is 13.2 Å². The molecule has 1 atom stereocenters. The lowest BCUT2D eigenvalue weighted by Crippen LogP contribution is -2.22. The van der Waals surface area contributed by atoms with Crippen LogP contribution in [0, 0.1) is 11.6 Å². The van der Waals surface area contributed by atoms with Gasteiger partial charge in [-0.3, -0.25) is 0 Å². The number of nitrogens with one attached hydrogen (secondary N) is 1. The molecule has 0 aliphatic rings. The molecular weight excluding hydrogens is 319 g/mol. The first kappa shape index (κ1) is 18.0. The van der Waals surface area contributed by atoms with Crippen molar-refractivity contribution in [1.82, 2.24) is 15.0 Å². The fourth-order valence-electron chi connectivity index (χ4n) is 2.15. The van der Waals surface area contributed by atoms with Crippen LogP contribution in [0.1, 0.15) is 38.6 Å². The molecule has 0 fully saturated rings. The summed E-state index contributed by atoms with van der Waals surface area (Å²) in [6.45, 7) is 4.51. The van der Waals surface area contributed by atoms with Gasteiger partial charge < -0.3 is 11.1 Å². The van der Waals surface area contributed by atoms with Crippen molar-refractivity contribution in [3.63, 3.8) is 0 Å². The molecule has 130 valence electrons. The van der Waals surface area contributed by atoms with Crippen LogP contribution >= 0.6 is 0 Å². The predicted molar refractivity (Wildman–Crippen MR) is 86.1 cm³/mol. The molecule has 1 unspecified atom stereocenters. The highest BCUT2D eigenvalue weighted by atomic mass is 19.1. The molecule has 5 nitrogen and oxygen atoms in total. The first-order valence-corrected chi connectivity index (χ1v) is 7.56. The van der Waals surface area contributed by atoms with Crippen molar-refractivity contribution in [2.75, 3.05) is 11.1 Å². The van der Waals surface area contributed by atoms with E-state index in [1.807, 2.05) is 6.92 Å². The van der Waals surface area contributed by atoms with Crippen molar-refractivity contribution < 1.29 is 13.2 Å². The molecule has 0 bridgehead atoms. The largest absolute Gasteiger partial charge is 0.368 e. The number of rotatable bonds is 6. The molecular formula is C16H20F3N5. The van der Waals surface area contributed by atoms with Gasteiger partial charge in [0, 0.05) is 12.1 Å². The van der Waals surface area contributed by atoms with Crippen LogP contribution in [0.3, 0.4) is 0 Å². The maximum Gasteiger partial charge on any atom is 0.228 e. The molecule has 0 radical (unpaired) electrons. The smallest absolute Gasteiger partial charge is 0.228 e. The number of nitrogens with two attached hydrogens (primary N) is 1. The normalized spacial score (nSPS) is 12.9. The number of hydrogen-bond acceptors (Lipinski definition) is 5. The summed E-state index contributed by atoms with van der Waals surface area (Å²) in [6, 6.07) is 3.30. The van der Waals surface area contributed by atoms with Gasteiger partial charge in [-0.05, 0) is 51.3 Å². The Hall–Kier alpha value is -2.38. The highest BCUT2D eigenvalue weighted by molar-refractivity contribution is 5.33. The van der Waals surface area contributed by atoms with Crippen LogP contribution in [-0.2, 0) is 12.1 Å². The first-order chi connectivity index (χ1) is 11.1. The molecule has 0 saturated carbocycles. The number of nitrogens with zero attached hydrogens (tertiary/aromatic N) is 3. The molecule has 0 aliphatic heterocycles.